The number of nitrogens with zero attached hydrogens (tertiary/aromatic N) is 2. The molecule has 0 aliphatic carbocycles. The molecule has 11 heteroatoms. The molecule has 1 amide bonds. The van der Waals surface area contributed by atoms with E-state index >= 15 is 0 Å². The summed E-state index contributed by atoms with van der Waals surface area (Å²) >= 11 is 1.55. The van der Waals surface area contributed by atoms with Crippen LogP contribution < -0.4 is 9.47 Å². The van der Waals surface area contributed by atoms with Crippen LogP contribution in [0, 0.1) is 5.92 Å². The lowest BCUT2D eigenvalue weighted by Gasteiger charge is -2.30. The van der Waals surface area contributed by atoms with Crippen molar-refractivity contribution >= 4 is 33.2 Å². The molecule has 1 aromatic heterocycles. The molecule has 2 aliphatic heterocycles. The number of carbonyl (C=O) groups excluding carboxylic acids is 2. The van der Waals surface area contributed by atoms with Crippen molar-refractivity contribution in [2.45, 2.75) is 24.3 Å². The van der Waals surface area contributed by atoms with E-state index in [1.807, 2.05) is 17.5 Å². The van der Waals surface area contributed by atoms with Crippen molar-refractivity contribution in [1.29, 1.82) is 0 Å². The number of rotatable bonds is 7. The van der Waals surface area contributed by atoms with E-state index in [2.05, 4.69) is 0 Å². The quantitative estimate of drug-likeness (QED) is 0.543. The van der Waals surface area contributed by atoms with Crippen molar-refractivity contribution in [1.82, 2.24) is 9.21 Å². The molecule has 33 heavy (non-hydrogen) atoms. The number of piperidine rings is 1. The zero-order valence-electron chi connectivity index (χ0n) is 18.3. The van der Waals surface area contributed by atoms with Crippen LogP contribution in [-0.2, 0) is 30.9 Å². The first-order valence-corrected chi connectivity index (χ1v) is 13.0. The maximum absolute atomic E-state index is 13.0. The minimum Gasteiger partial charge on any atom is -0.486 e. The Morgan fingerprint density at radius 3 is 2.58 bits per heavy atom. The Labute approximate surface area is 196 Å². The molecule has 178 valence electrons. The molecule has 1 saturated heterocycles. The fourth-order valence-electron chi connectivity index (χ4n) is 3.75. The SMILES string of the molecule is CN(Cc1cccs1)C(=O)COC(=O)C1CCN(S(=O)(=O)c2ccc3c(c2)OCCO3)CC1. The Hall–Kier alpha value is -2.63. The van der Waals surface area contributed by atoms with Crippen LogP contribution in [0.4, 0.5) is 0 Å². The normalized spacial score (nSPS) is 16.9. The van der Waals surface area contributed by atoms with Gasteiger partial charge in [0.2, 0.25) is 10.0 Å². The van der Waals surface area contributed by atoms with Crippen LogP contribution in [0.1, 0.15) is 17.7 Å². The van der Waals surface area contributed by atoms with Gasteiger partial charge in [0.05, 0.1) is 17.4 Å². The maximum Gasteiger partial charge on any atom is 0.309 e. The topological polar surface area (TPSA) is 102 Å². The van der Waals surface area contributed by atoms with Gasteiger partial charge in [0.15, 0.2) is 18.1 Å². The number of amides is 1. The lowest BCUT2D eigenvalue weighted by Crippen LogP contribution is -2.41. The van der Waals surface area contributed by atoms with Gasteiger partial charge in [-0.3, -0.25) is 9.59 Å². The Bertz CT molecular complexity index is 1090. The van der Waals surface area contributed by atoms with Crippen molar-refractivity contribution in [2.75, 3.05) is 40.0 Å². The van der Waals surface area contributed by atoms with Gasteiger partial charge in [-0.25, -0.2) is 8.42 Å². The Kier molecular flexibility index (Phi) is 7.20. The van der Waals surface area contributed by atoms with Crippen molar-refractivity contribution < 1.29 is 32.2 Å². The number of esters is 1. The van der Waals surface area contributed by atoms with Crippen molar-refractivity contribution in [3.8, 4) is 11.5 Å². The second-order valence-electron chi connectivity index (χ2n) is 7.92. The average Bonchev–Trinajstić information content (AvgIpc) is 3.35. The van der Waals surface area contributed by atoms with Crippen LogP contribution in [0.2, 0.25) is 0 Å². The fourth-order valence-corrected chi connectivity index (χ4v) is 5.99. The third-order valence-electron chi connectivity index (χ3n) is 5.68. The predicted molar refractivity (Wildman–Crippen MR) is 121 cm³/mol. The number of carbonyl (C=O) groups is 2. The highest BCUT2D eigenvalue weighted by atomic mass is 32.2. The highest BCUT2D eigenvalue weighted by molar-refractivity contribution is 7.89. The van der Waals surface area contributed by atoms with E-state index < -0.39 is 21.9 Å². The van der Waals surface area contributed by atoms with Crippen LogP contribution >= 0.6 is 11.3 Å². The summed E-state index contributed by atoms with van der Waals surface area (Å²) in [6, 6.07) is 8.42. The van der Waals surface area contributed by atoms with Gasteiger partial charge in [-0.15, -0.1) is 11.3 Å². The Morgan fingerprint density at radius 1 is 1.15 bits per heavy atom. The number of sulfonamides is 1. The second-order valence-corrected chi connectivity index (χ2v) is 10.9. The molecular weight excluding hydrogens is 468 g/mol. The highest BCUT2D eigenvalue weighted by Gasteiger charge is 2.33. The maximum atomic E-state index is 13.0. The molecule has 0 spiro atoms. The standard InChI is InChI=1S/C22H26N2O7S2/c1-23(14-17-3-2-12-32-17)21(25)15-31-22(26)16-6-8-24(9-7-16)33(27,28)18-4-5-19-20(13-18)30-11-10-29-19/h2-5,12-13,16H,6-11,14-15H2,1H3. The first kappa shape index (κ1) is 23.5. The van der Waals surface area contributed by atoms with Crippen molar-refractivity contribution in [3.05, 3.63) is 40.6 Å². The summed E-state index contributed by atoms with van der Waals surface area (Å²) in [5, 5.41) is 1.94. The predicted octanol–water partition coefficient (Wildman–Crippen LogP) is 2.12. The third kappa shape index (κ3) is 5.48. The lowest BCUT2D eigenvalue weighted by molar-refractivity contribution is -0.156. The summed E-state index contributed by atoms with van der Waals surface area (Å²) < 4.78 is 43.6. The summed E-state index contributed by atoms with van der Waals surface area (Å²) in [7, 11) is -2.06. The third-order valence-corrected chi connectivity index (χ3v) is 8.43. The Balaban J connectivity index is 1.27. The first-order valence-electron chi connectivity index (χ1n) is 10.7. The largest absolute Gasteiger partial charge is 0.486 e. The zero-order valence-corrected chi connectivity index (χ0v) is 19.9. The number of ether oxygens (including phenoxy) is 3. The molecule has 2 aromatic rings. The van der Waals surface area contributed by atoms with Crippen molar-refractivity contribution in [3.63, 3.8) is 0 Å². The molecule has 0 radical (unpaired) electrons. The van der Waals surface area contributed by atoms with Gasteiger partial charge >= 0.3 is 5.97 Å². The van der Waals surface area contributed by atoms with Crippen molar-refractivity contribution in [2.24, 2.45) is 5.92 Å². The molecule has 9 nitrogen and oxygen atoms in total. The van der Waals surface area contributed by atoms with E-state index in [1.54, 1.807) is 24.5 Å². The van der Waals surface area contributed by atoms with E-state index in [4.69, 9.17) is 14.2 Å². The summed E-state index contributed by atoms with van der Waals surface area (Å²) in [5.74, 6) is -0.251. The molecule has 0 bridgehead atoms. The fraction of sp³-hybridized carbons (Fsp3) is 0.455. The van der Waals surface area contributed by atoms with Crippen LogP contribution in [-0.4, -0.2) is 69.5 Å². The van der Waals surface area contributed by atoms with Gasteiger partial charge in [0, 0.05) is 31.1 Å². The lowest BCUT2D eigenvalue weighted by atomic mass is 9.98. The van der Waals surface area contributed by atoms with Gasteiger partial charge in [-0.05, 0) is 36.4 Å². The number of thiophene rings is 1. The van der Waals surface area contributed by atoms with Gasteiger partial charge in [0.25, 0.3) is 5.91 Å². The molecule has 2 aliphatic rings. The van der Waals surface area contributed by atoms with Gasteiger partial charge in [-0.2, -0.15) is 4.31 Å². The molecular formula is C22H26N2O7S2. The number of hydrogen-bond acceptors (Lipinski definition) is 8. The second kappa shape index (κ2) is 10.1. The molecule has 4 rings (SSSR count). The number of benzene rings is 1. The molecule has 0 N–H and O–H groups in total. The van der Waals surface area contributed by atoms with E-state index in [9.17, 15) is 18.0 Å². The van der Waals surface area contributed by atoms with E-state index in [0.717, 1.165) is 4.88 Å². The number of likely N-dealkylation sites (N-methyl/N-ethyl adjacent to an activating group) is 1. The van der Waals surface area contributed by atoms with E-state index in [1.165, 1.54) is 21.3 Å². The van der Waals surface area contributed by atoms with Crippen LogP contribution in [0.25, 0.3) is 0 Å². The Morgan fingerprint density at radius 2 is 1.88 bits per heavy atom. The van der Waals surface area contributed by atoms with Crippen LogP contribution in [0.3, 0.4) is 0 Å². The minimum absolute atomic E-state index is 0.132. The summed E-state index contributed by atoms with van der Waals surface area (Å²) in [5.41, 5.74) is 0. The molecule has 0 saturated carbocycles. The molecule has 0 unspecified atom stereocenters. The summed E-state index contributed by atoms with van der Waals surface area (Å²) in [4.78, 5) is 27.4. The zero-order chi connectivity index (χ0) is 23.4. The molecule has 3 heterocycles. The van der Waals surface area contributed by atoms with E-state index in [0.29, 0.717) is 44.1 Å². The van der Waals surface area contributed by atoms with Crippen LogP contribution in [0.5, 0.6) is 11.5 Å². The van der Waals surface area contributed by atoms with Crippen LogP contribution in [0.15, 0.2) is 40.6 Å². The monoisotopic (exact) mass is 494 g/mol. The molecule has 0 atom stereocenters. The summed E-state index contributed by atoms with van der Waals surface area (Å²) in [6.07, 6.45) is 0.670. The summed E-state index contributed by atoms with van der Waals surface area (Å²) in [6.45, 7) is 1.33. The minimum atomic E-state index is -3.72. The smallest absolute Gasteiger partial charge is 0.309 e. The average molecular weight is 495 g/mol. The first-order chi connectivity index (χ1) is 15.8. The van der Waals surface area contributed by atoms with Gasteiger partial charge in [0.1, 0.15) is 13.2 Å². The van der Waals surface area contributed by atoms with E-state index in [-0.39, 0.29) is 30.5 Å². The highest BCUT2D eigenvalue weighted by Crippen LogP contribution is 2.34. The number of hydrogen-bond donors (Lipinski definition) is 0. The molecule has 1 fully saturated rings. The number of fused-ring (bicyclic) bond motifs is 1. The van der Waals surface area contributed by atoms with Gasteiger partial charge < -0.3 is 19.1 Å². The molecule has 1 aromatic carbocycles. The van der Waals surface area contributed by atoms with Gasteiger partial charge in [-0.1, -0.05) is 6.07 Å².